The normalized spacial score (nSPS) is 28.0. The second-order valence-corrected chi connectivity index (χ2v) is 6.51. The number of hydrogen-bond donors (Lipinski definition) is 1. The van der Waals surface area contributed by atoms with E-state index in [0.29, 0.717) is 12.0 Å². The van der Waals surface area contributed by atoms with E-state index in [1.54, 1.807) is 0 Å². The van der Waals surface area contributed by atoms with Gasteiger partial charge in [-0.1, -0.05) is 18.2 Å². The molecule has 1 saturated heterocycles. The van der Waals surface area contributed by atoms with Crippen molar-refractivity contribution in [1.29, 1.82) is 0 Å². The first-order valence-corrected chi connectivity index (χ1v) is 7.91. The van der Waals surface area contributed by atoms with Crippen molar-refractivity contribution in [1.82, 2.24) is 5.32 Å². The molecule has 3 heteroatoms. The summed E-state index contributed by atoms with van der Waals surface area (Å²) >= 11 is 2.07. The molecule has 2 nitrogen and oxygen atoms in total. The molecule has 2 fully saturated rings. The Hall–Kier alpha value is -0.800. The van der Waals surface area contributed by atoms with Crippen molar-refractivity contribution in [3.63, 3.8) is 0 Å². The minimum Gasteiger partial charge on any atom is -0.311 e. The highest BCUT2D eigenvalue weighted by Crippen LogP contribution is 2.41. The third kappa shape index (κ3) is 2.78. The van der Waals surface area contributed by atoms with Crippen molar-refractivity contribution in [2.75, 3.05) is 11.5 Å². The van der Waals surface area contributed by atoms with E-state index in [2.05, 4.69) is 23.1 Å². The van der Waals surface area contributed by atoms with Crippen LogP contribution < -0.4 is 5.32 Å². The van der Waals surface area contributed by atoms with E-state index in [1.807, 2.05) is 18.2 Å². The van der Waals surface area contributed by atoms with E-state index in [-0.39, 0.29) is 0 Å². The Bertz CT molecular complexity index is 428. The fourth-order valence-corrected chi connectivity index (χ4v) is 3.88. The molecule has 1 aliphatic carbocycles. The molecule has 0 radical (unpaired) electrons. The van der Waals surface area contributed by atoms with Crippen LogP contribution in [-0.4, -0.2) is 29.9 Å². The molecule has 1 N–H and O–H groups in total. The summed E-state index contributed by atoms with van der Waals surface area (Å²) in [6, 6.07) is 9.41. The van der Waals surface area contributed by atoms with E-state index in [4.69, 9.17) is 0 Å². The molecule has 0 aromatic heterocycles. The van der Waals surface area contributed by atoms with Crippen LogP contribution in [0, 0.1) is 0 Å². The Morgan fingerprint density at radius 1 is 1.28 bits per heavy atom. The zero-order valence-corrected chi connectivity index (χ0v) is 11.3. The topological polar surface area (TPSA) is 29.1 Å². The van der Waals surface area contributed by atoms with Gasteiger partial charge in [-0.3, -0.25) is 4.79 Å². The summed E-state index contributed by atoms with van der Waals surface area (Å²) in [5.74, 6) is 3.23. The minimum absolute atomic E-state index is 0.625. The number of nitrogens with one attached hydrogen (secondary N) is 1. The molecule has 1 saturated carbocycles. The molecule has 1 aromatic rings. The van der Waals surface area contributed by atoms with Crippen LogP contribution in [0.25, 0.3) is 0 Å². The van der Waals surface area contributed by atoms with Crippen molar-refractivity contribution in [3.05, 3.63) is 35.4 Å². The van der Waals surface area contributed by atoms with Gasteiger partial charge in [0.1, 0.15) is 6.29 Å². The lowest BCUT2D eigenvalue weighted by atomic mass is 10.1. The second kappa shape index (κ2) is 5.45. The summed E-state index contributed by atoms with van der Waals surface area (Å²) < 4.78 is 0. The van der Waals surface area contributed by atoms with Gasteiger partial charge in [0, 0.05) is 23.6 Å². The van der Waals surface area contributed by atoms with Crippen LogP contribution in [0.15, 0.2) is 24.3 Å². The fraction of sp³-hybridized carbons (Fsp3) is 0.533. The van der Waals surface area contributed by atoms with Crippen molar-refractivity contribution in [2.45, 2.75) is 37.3 Å². The van der Waals surface area contributed by atoms with E-state index >= 15 is 0 Å². The van der Waals surface area contributed by atoms with Crippen LogP contribution in [0.1, 0.15) is 41.1 Å². The molecule has 1 aromatic carbocycles. The highest BCUT2D eigenvalue weighted by molar-refractivity contribution is 7.99. The van der Waals surface area contributed by atoms with Crippen LogP contribution in [-0.2, 0) is 0 Å². The van der Waals surface area contributed by atoms with Gasteiger partial charge in [-0.2, -0.15) is 11.8 Å². The summed E-state index contributed by atoms with van der Waals surface area (Å²) in [5.41, 5.74) is 2.12. The molecule has 96 valence electrons. The predicted octanol–water partition coefficient (Wildman–Crippen LogP) is 2.84. The third-order valence-corrected chi connectivity index (χ3v) is 4.99. The molecule has 0 spiro atoms. The first-order valence-electron chi connectivity index (χ1n) is 6.76. The molecule has 3 rings (SSSR count). The van der Waals surface area contributed by atoms with Gasteiger partial charge in [0.05, 0.1) is 0 Å². The molecule has 0 amide bonds. The molecule has 2 atom stereocenters. The number of aldehydes is 1. The molecule has 1 aliphatic heterocycles. The number of carbonyl (C=O) groups is 1. The monoisotopic (exact) mass is 261 g/mol. The third-order valence-electron chi connectivity index (χ3n) is 3.94. The van der Waals surface area contributed by atoms with Crippen LogP contribution in [0.5, 0.6) is 0 Å². The second-order valence-electron chi connectivity index (χ2n) is 5.29. The Morgan fingerprint density at radius 3 is 2.89 bits per heavy atom. The summed E-state index contributed by atoms with van der Waals surface area (Å²) in [7, 11) is 0. The number of thioether (sulfide) groups is 1. The standard InChI is InChI=1S/C15H19NOS/c17-10-11-2-1-3-12(8-11)14-9-15(14)16-13-4-6-18-7-5-13/h1-3,8,10,13-16H,4-7,9H2. The average Bonchev–Trinajstić information content (AvgIpc) is 3.19. The van der Waals surface area contributed by atoms with Crippen molar-refractivity contribution in [2.24, 2.45) is 0 Å². The highest BCUT2D eigenvalue weighted by atomic mass is 32.2. The van der Waals surface area contributed by atoms with E-state index in [9.17, 15) is 4.79 Å². The van der Waals surface area contributed by atoms with Crippen molar-refractivity contribution in [3.8, 4) is 0 Å². The van der Waals surface area contributed by atoms with Crippen LogP contribution in [0.3, 0.4) is 0 Å². The van der Waals surface area contributed by atoms with Gasteiger partial charge in [0.15, 0.2) is 0 Å². The molecule has 2 aliphatic rings. The lowest BCUT2D eigenvalue weighted by molar-refractivity contribution is 0.112. The van der Waals surface area contributed by atoms with Gasteiger partial charge in [0.2, 0.25) is 0 Å². The van der Waals surface area contributed by atoms with Gasteiger partial charge in [-0.15, -0.1) is 0 Å². The first kappa shape index (κ1) is 12.2. The molecule has 18 heavy (non-hydrogen) atoms. The Morgan fingerprint density at radius 2 is 2.11 bits per heavy atom. The SMILES string of the molecule is O=Cc1cccc(C2CC2NC2CCSCC2)c1. The Labute approximate surface area is 113 Å². The lowest BCUT2D eigenvalue weighted by Gasteiger charge is -2.22. The smallest absolute Gasteiger partial charge is 0.150 e. The Balaban J connectivity index is 1.57. The molecule has 2 unspecified atom stereocenters. The highest BCUT2D eigenvalue weighted by Gasteiger charge is 2.39. The summed E-state index contributed by atoms with van der Waals surface area (Å²) in [4.78, 5) is 10.8. The van der Waals surface area contributed by atoms with E-state index in [1.165, 1.54) is 36.3 Å². The fourth-order valence-electron chi connectivity index (χ4n) is 2.78. The van der Waals surface area contributed by atoms with Crippen LogP contribution in [0.2, 0.25) is 0 Å². The lowest BCUT2D eigenvalue weighted by Crippen LogP contribution is -2.34. The quantitative estimate of drug-likeness (QED) is 0.845. The number of hydrogen-bond acceptors (Lipinski definition) is 3. The molecule has 0 bridgehead atoms. The summed E-state index contributed by atoms with van der Waals surface area (Å²) in [6.07, 6.45) is 4.78. The number of carbonyl (C=O) groups excluding carboxylic acids is 1. The summed E-state index contributed by atoms with van der Waals surface area (Å²) in [6.45, 7) is 0. The maximum atomic E-state index is 10.8. The van der Waals surface area contributed by atoms with Crippen molar-refractivity contribution < 1.29 is 4.79 Å². The minimum atomic E-state index is 0.625. The van der Waals surface area contributed by atoms with Crippen LogP contribution >= 0.6 is 11.8 Å². The van der Waals surface area contributed by atoms with Crippen LogP contribution in [0.4, 0.5) is 0 Å². The van der Waals surface area contributed by atoms with Crippen molar-refractivity contribution >= 4 is 18.0 Å². The molecular formula is C15H19NOS. The van der Waals surface area contributed by atoms with Gasteiger partial charge in [0.25, 0.3) is 0 Å². The molecule has 1 heterocycles. The van der Waals surface area contributed by atoms with Gasteiger partial charge in [-0.25, -0.2) is 0 Å². The van der Waals surface area contributed by atoms with Gasteiger partial charge in [-0.05, 0) is 42.4 Å². The van der Waals surface area contributed by atoms with Gasteiger partial charge >= 0.3 is 0 Å². The first-order chi connectivity index (χ1) is 8.86. The molecular weight excluding hydrogens is 242 g/mol. The van der Waals surface area contributed by atoms with E-state index in [0.717, 1.165) is 17.9 Å². The summed E-state index contributed by atoms with van der Waals surface area (Å²) in [5, 5.41) is 3.78. The zero-order chi connectivity index (χ0) is 12.4. The maximum absolute atomic E-state index is 10.8. The number of benzene rings is 1. The number of rotatable bonds is 4. The largest absolute Gasteiger partial charge is 0.311 e. The average molecular weight is 261 g/mol. The van der Waals surface area contributed by atoms with E-state index < -0.39 is 0 Å². The zero-order valence-electron chi connectivity index (χ0n) is 10.5. The van der Waals surface area contributed by atoms with Gasteiger partial charge < -0.3 is 5.32 Å². The predicted molar refractivity (Wildman–Crippen MR) is 76.5 cm³/mol. The Kier molecular flexibility index (Phi) is 3.71. The maximum Gasteiger partial charge on any atom is 0.150 e.